The molecule has 0 aliphatic carbocycles. The molecule has 0 amide bonds. The van der Waals surface area contributed by atoms with Crippen LogP contribution in [0, 0.1) is 5.92 Å². The van der Waals surface area contributed by atoms with Crippen LogP contribution in [0.15, 0.2) is 42.5 Å². The number of allylic oxidation sites excluding steroid dienone is 1. The minimum Gasteiger partial charge on any atom is -0.493 e. The topological polar surface area (TPSA) is 61.8 Å². The van der Waals surface area contributed by atoms with Crippen LogP contribution in [0.4, 0.5) is 0 Å². The first-order valence-corrected chi connectivity index (χ1v) is 7.70. The Balaban J connectivity index is 3.05. The van der Waals surface area contributed by atoms with Gasteiger partial charge in [0.25, 0.3) is 0 Å². The summed E-state index contributed by atoms with van der Waals surface area (Å²) in [5.41, 5.74) is 1.18. The SMILES string of the molecule is C=CC(OC(=O)/C(C)=C/C)c1ccc(OC(=O)C(C)C)c(OC)c1. The van der Waals surface area contributed by atoms with Gasteiger partial charge in [-0.15, -0.1) is 0 Å². The van der Waals surface area contributed by atoms with Gasteiger partial charge in [0.2, 0.25) is 0 Å². The summed E-state index contributed by atoms with van der Waals surface area (Å²) < 4.78 is 16.0. The Bertz CT molecular complexity index is 643. The molecular weight excluding hydrogens is 308 g/mol. The fourth-order valence-corrected chi connectivity index (χ4v) is 1.75. The smallest absolute Gasteiger partial charge is 0.334 e. The molecule has 1 unspecified atom stereocenters. The van der Waals surface area contributed by atoms with Gasteiger partial charge in [-0.2, -0.15) is 0 Å². The summed E-state index contributed by atoms with van der Waals surface area (Å²) in [6.45, 7) is 10.6. The van der Waals surface area contributed by atoms with Crippen molar-refractivity contribution in [1.29, 1.82) is 0 Å². The molecule has 0 aliphatic rings. The van der Waals surface area contributed by atoms with E-state index >= 15 is 0 Å². The number of carbonyl (C=O) groups excluding carboxylic acids is 2. The molecule has 0 saturated carbocycles. The Morgan fingerprint density at radius 3 is 2.38 bits per heavy atom. The van der Waals surface area contributed by atoms with Gasteiger partial charge >= 0.3 is 11.9 Å². The zero-order valence-electron chi connectivity index (χ0n) is 14.8. The number of benzene rings is 1. The van der Waals surface area contributed by atoms with Crippen molar-refractivity contribution in [2.75, 3.05) is 7.11 Å². The first-order valence-electron chi connectivity index (χ1n) is 7.70. The van der Waals surface area contributed by atoms with E-state index < -0.39 is 12.1 Å². The van der Waals surface area contributed by atoms with Crippen molar-refractivity contribution in [3.05, 3.63) is 48.1 Å². The molecule has 0 N–H and O–H groups in total. The average Bonchev–Trinajstić information content (AvgIpc) is 2.58. The van der Waals surface area contributed by atoms with Crippen LogP contribution >= 0.6 is 0 Å². The van der Waals surface area contributed by atoms with Crippen molar-refractivity contribution in [2.45, 2.75) is 33.8 Å². The van der Waals surface area contributed by atoms with E-state index in [9.17, 15) is 9.59 Å². The molecule has 0 radical (unpaired) electrons. The number of rotatable bonds is 7. The largest absolute Gasteiger partial charge is 0.493 e. The molecule has 1 aromatic rings. The van der Waals surface area contributed by atoms with Crippen LogP contribution in [-0.2, 0) is 14.3 Å². The molecule has 1 rings (SSSR count). The number of hydrogen-bond acceptors (Lipinski definition) is 5. The van der Waals surface area contributed by atoms with Crippen molar-refractivity contribution in [2.24, 2.45) is 5.92 Å². The summed E-state index contributed by atoms with van der Waals surface area (Å²) in [4.78, 5) is 23.7. The van der Waals surface area contributed by atoms with Crippen LogP contribution in [0.3, 0.4) is 0 Å². The average molecular weight is 332 g/mol. The zero-order chi connectivity index (χ0) is 18.3. The van der Waals surface area contributed by atoms with Gasteiger partial charge < -0.3 is 14.2 Å². The van der Waals surface area contributed by atoms with Gasteiger partial charge in [0.05, 0.1) is 13.0 Å². The normalized spacial score (nSPS) is 12.5. The van der Waals surface area contributed by atoms with Crippen LogP contribution < -0.4 is 9.47 Å². The minimum atomic E-state index is -0.629. The monoisotopic (exact) mass is 332 g/mol. The van der Waals surface area contributed by atoms with Gasteiger partial charge in [0.1, 0.15) is 6.10 Å². The first kappa shape index (κ1) is 19.5. The van der Waals surface area contributed by atoms with Crippen LogP contribution in [0.25, 0.3) is 0 Å². The summed E-state index contributed by atoms with van der Waals surface area (Å²) in [6.07, 6.45) is 2.57. The van der Waals surface area contributed by atoms with Crippen molar-refractivity contribution < 1.29 is 23.8 Å². The first-order chi connectivity index (χ1) is 11.3. The van der Waals surface area contributed by atoms with Crippen molar-refractivity contribution in [3.8, 4) is 11.5 Å². The van der Waals surface area contributed by atoms with Gasteiger partial charge in [0, 0.05) is 11.1 Å². The van der Waals surface area contributed by atoms with E-state index in [1.54, 1.807) is 52.0 Å². The fraction of sp³-hybridized carbons (Fsp3) is 0.368. The second-order valence-corrected chi connectivity index (χ2v) is 5.52. The summed E-state index contributed by atoms with van der Waals surface area (Å²) >= 11 is 0. The highest BCUT2D eigenvalue weighted by Gasteiger charge is 2.18. The van der Waals surface area contributed by atoms with Gasteiger partial charge in [-0.3, -0.25) is 4.79 Å². The minimum absolute atomic E-state index is 0.250. The molecule has 5 nitrogen and oxygen atoms in total. The summed E-state index contributed by atoms with van der Waals surface area (Å²) in [5.74, 6) is -0.320. The summed E-state index contributed by atoms with van der Waals surface area (Å²) in [7, 11) is 1.48. The number of hydrogen-bond donors (Lipinski definition) is 0. The predicted molar refractivity (Wildman–Crippen MR) is 91.9 cm³/mol. The second-order valence-electron chi connectivity index (χ2n) is 5.52. The van der Waals surface area contributed by atoms with E-state index in [0.717, 1.165) is 0 Å². The maximum Gasteiger partial charge on any atom is 0.334 e. The van der Waals surface area contributed by atoms with E-state index in [1.165, 1.54) is 13.2 Å². The third-order valence-electron chi connectivity index (χ3n) is 3.40. The lowest BCUT2D eigenvalue weighted by Crippen LogP contribution is -2.15. The van der Waals surface area contributed by atoms with Gasteiger partial charge in [0.15, 0.2) is 11.5 Å². The Morgan fingerprint density at radius 2 is 1.88 bits per heavy atom. The number of ether oxygens (including phenoxy) is 3. The van der Waals surface area contributed by atoms with E-state index in [-0.39, 0.29) is 11.9 Å². The van der Waals surface area contributed by atoms with Crippen LogP contribution in [0.2, 0.25) is 0 Å². The number of methoxy groups -OCH3 is 1. The van der Waals surface area contributed by atoms with Gasteiger partial charge in [-0.1, -0.05) is 32.6 Å². The van der Waals surface area contributed by atoms with Crippen LogP contribution in [0.1, 0.15) is 39.4 Å². The van der Waals surface area contributed by atoms with Crippen molar-refractivity contribution in [3.63, 3.8) is 0 Å². The molecule has 1 atom stereocenters. The maximum atomic E-state index is 11.9. The standard InChI is InChI=1S/C19H24O5/c1-7-13(5)19(21)23-15(8-2)14-9-10-16(17(11-14)22-6)24-18(20)12(3)4/h7-12,15H,2H2,1,3-6H3/b13-7+. The Kier molecular flexibility index (Phi) is 7.24. The number of carbonyl (C=O) groups is 2. The molecule has 0 fully saturated rings. The quantitative estimate of drug-likeness (QED) is 0.327. The van der Waals surface area contributed by atoms with E-state index in [2.05, 4.69) is 6.58 Å². The molecule has 24 heavy (non-hydrogen) atoms. The van der Waals surface area contributed by atoms with E-state index in [0.29, 0.717) is 22.6 Å². The molecule has 0 bridgehead atoms. The second kappa shape index (κ2) is 8.91. The Hall–Kier alpha value is -2.56. The Labute approximate surface area is 142 Å². The highest BCUT2D eigenvalue weighted by atomic mass is 16.6. The number of esters is 2. The highest BCUT2D eigenvalue weighted by Crippen LogP contribution is 2.32. The third-order valence-corrected chi connectivity index (χ3v) is 3.40. The molecule has 0 spiro atoms. The lowest BCUT2D eigenvalue weighted by Gasteiger charge is -2.17. The van der Waals surface area contributed by atoms with Crippen molar-refractivity contribution >= 4 is 11.9 Å². The predicted octanol–water partition coefficient (Wildman–Crippen LogP) is 3.99. The molecule has 1 aromatic carbocycles. The fourth-order valence-electron chi connectivity index (χ4n) is 1.75. The molecule has 0 aromatic heterocycles. The third kappa shape index (κ3) is 4.98. The highest BCUT2D eigenvalue weighted by molar-refractivity contribution is 5.87. The summed E-state index contributed by atoms with van der Waals surface area (Å²) in [5, 5.41) is 0. The maximum absolute atomic E-state index is 11.9. The molecular formula is C19H24O5. The van der Waals surface area contributed by atoms with Crippen LogP contribution in [0.5, 0.6) is 11.5 Å². The van der Waals surface area contributed by atoms with Gasteiger partial charge in [-0.25, -0.2) is 4.79 Å². The van der Waals surface area contributed by atoms with Crippen LogP contribution in [-0.4, -0.2) is 19.0 Å². The van der Waals surface area contributed by atoms with E-state index in [1.807, 2.05) is 0 Å². The van der Waals surface area contributed by atoms with Crippen molar-refractivity contribution in [1.82, 2.24) is 0 Å². The molecule has 130 valence electrons. The Morgan fingerprint density at radius 1 is 1.21 bits per heavy atom. The molecule has 0 saturated heterocycles. The summed E-state index contributed by atoms with van der Waals surface area (Å²) in [6, 6.07) is 4.98. The van der Waals surface area contributed by atoms with Gasteiger partial charge in [-0.05, 0) is 32.1 Å². The molecule has 0 heterocycles. The molecule has 5 heteroatoms. The lowest BCUT2D eigenvalue weighted by molar-refractivity contribution is -0.142. The zero-order valence-corrected chi connectivity index (χ0v) is 14.8. The van der Waals surface area contributed by atoms with E-state index in [4.69, 9.17) is 14.2 Å². The molecule has 0 aliphatic heterocycles. The lowest BCUT2D eigenvalue weighted by atomic mass is 10.1.